The van der Waals surface area contributed by atoms with Gasteiger partial charge in [0.1, 0.15) is 0 Å². The van der Waals surface area contributed by atoms with Crippen molar-refractivity contribution in [2.75, 3.05) is 13.1 Å². The number of rotatable bonds is 3. The quantitative estimate of drug-likeness (QED) is 0.866. The van der Waals surface area contributed by atoms with Crippen LogP contribution >= 0.6 is 0 Å². The van der Waals surface area contributed by atoms with E-state index in [0.29, 0.717) is 13.0 Å². The summed E-state index contributed by atoms with van der Waals surface area (Å²) < 4.78 is 0. The summed E-state index contributed by atoms with van der Waals surface area (Å²) in [6.45, 7) is 3.56. The summed E-state index contributed by atoms with van der Waals surface area (Å²) in [5.41, 5.74) is 8.54. The van der Waals surface area contributed by atoms with E-state index in [1.54, 1.807) is 0 Å². The first-order chi connectivity index (χ1) is 8.18. The fourth-order valence-electron chi connectivity index (χ4n) is 2.39. The van der Waals surface area contributed by atoms with Crippen LogP contribution in [0.2, 0.25) is 0 Å². The molecular weight excluding hydrogens is 212 g/mol. The van der Waals surface area contributed by atoms with Crippen LogP contribution < -0.4 is 5.73 Å². The van der Waals surface area contributed by atoms with E-state index in [1.807, 2.05) is 17.0 Å². The van der Waals surface area contributed by atoms with Gasteiger partial charge in [0.05, 0.1) is 0 Å². The van der Waals surface area contributed by atoms with Gasteiger partial charge in [-0.1, -0.05) is 24.3 Å². The second kappa shape index (κ2) is 5.32. The number of hydrogen-bond donors (Lipinski definition) is 1. The summed E-state index contributed by atoms with van der Waals surface area (Å²) in [6, 6.07) is 8.05. The average Bonchev–Trinajstić information content (AvgIpc) is 2.32. The van der Waals surface area contributed by atoms with E-state index in [0.717, 1.165) is 24.9 Å². The maximum absolute atomic E-state index is 11.7. The van der Waals surface area contributed by atoms with E-state index >= 15 is 0 Å². The molecule has 0 bridgehead atoms. The number of piperidine rings is 1. The van der Waals surface area contributed by atoms with Crippen molar-refractivity contribution in [3.05, 3.63) is 35.4 Å². The van der Waals surface area contributed by atoms with Gasteiger partial charge in [-0.25, -0.2) is 0 Å². The van der Waals surface area contributed by atoms with Crippen LogP contribution in [0.3, 0.4) is 0 Å². The van der Waals surface area contributed by atoms with Crippen LogP contribution in [0.25, 0.3) is 0 Å². The Morgan fingerprint density at radius 3 is 2.82 bits per heavy atom. The second-order valence-electron chi connectivity index (χ2n) is 4.76. The molecule has 17 heavy (non-hydrogen) atoms. The van der Waals surface area contributed by atoms with Gasteiger partial charge in [-0.2, -0.15) is 0 Å². The van der Waals surface area contributed by atoms with Crippen LogP contribution in [0.15, 0.2) is 24.3 Å². The summed E-state index contributed by atoms with van der Waals surface area (Å²) in [6.07, 6.45) is 2.81. The molecule has 0 aromatic heterocycles. The molecule has 3 nitrogen and oxygen atoms in total. The van der Waals surface area contributed by atoms with Gasteiger partial charge in [0.15, 0.2) is 0 Å². The van der Waals surface area contributed by atoms with E-state index in [9.17, 15) is 4.79 Å². The van der Waals surface area contributed by atoms with Crippen LogP contribution in [0.4, 0.5) is 0 Å². The molecule has 1 aromatic rings. The zero-order valence-electron chi connectivity index (χ0n) is 10.4. The van der Waals surface area contributed by atoms with Crippen LogP contribution in [0, 0.1) is 6.92 Å². The number of hydrogen-bond acceptors (Lipinski definition) is 2. The Bertz CT molecular complexity index is 403. The number of nitrogens with zero attached hydrogens (tertiary/aromatic N) is 1. The number of benzene rings is 1. The van der Waals surface area contributed by atoms with Crippen LogP contribution in [0.5, 0.6) is 0 Å². The molecule has 1 atom stereocenters. The third-order valence-corrected chi connectivity index (χ3v) is 3.43. The van der Waals surface area contributed by atoms with Crippen molar-refractivity contribution in [1.29, 1.82) is 0 Å². The summed E-state index contributed by atoms with van der Waals surface area (Å²) in [5.74, 6) is 0.250. The smallest absolute Gasteiger partial charge is 0.222 e. The lowest BCUT2D eigenvalue weighted by molar-refractivity contribution is -0.133. The molecule has 1 unspecified atom stereocenters. The third kappa shape index (κ3) is 2.86. The number of carbonyl (C=O) groups is 1. The molecule has 0 spiro atoms. The fourth-order valence-corrected chi connectivity index (χ4v) is 2.39. The number of aryl methyl sites for hydroxylation is 1. The highest BCUT2D eigenvalue weighted by Gasteiger charge is 2.21. The Morgan fingerprint density at radius 1 is 1.35 bits per heavy atom. The van der Waals surface area contributed by atoms with Gasteiger partial charge < -0.3 is 10.6 Å². The van der Waals surface area contributed by atoms with E-state index in [2.05, 4.69) is 19.1 Å². The minimum Gasteiger partial charge on any atom is -0.341 e. The lowest BCUT2D eigenvalue weighted by Gasteiger charge is -2.29. The van der Waals surface area contributed by atoms with Crippen molar-refractivity contribution in [2.45, 2.75) is 32.2 Å². The molecule has 0 radical (unpaired) electrons. The van der Waals surface area contributed by atoms with Crippen molar-refractivity contribution in [1.82, 2.24) is 4.90 Å². The SMILES string of the molecule is Cc1ccccc1C(N)CN1CCCCC1=O. The molecule has 1 aliphatic heterocycles. The van der Waals surface area contributed by atoms with Gasteiger partial charge in [-0.3, -0.25) is 4.79 Å². The highest BCUT2D eigenvalue weighted by Crippen LogP contribution is 2.19. The first kappa shape index (κ1) is 12.1. The Labute approximate surface area is 103 Å². The lowest BCUT2D eigenvalue weighted by atomic mass is 10.0. The monoisotopic (exact) mass is 232 g/mol. The number of carbonyl (C=O) groups excluding carboxylic acids is 1. The lowest BCUT2D eigenvalue weighted by Crippen LogP contribution is -2.40. The molecule has 2 rings (SSSR count). The Hall–Kier alpha value is -1.35. The normalized spacial score (nSPS) is 18.2. The highest BCUT2D eigenvalue weighted by atomic mass is 16.2. The molecule has 1 amide bonds. The van der Waals surface area contributed by atoms with Crippen molar-refractivity contribution in [3.63, 3.8) is 0 Å². The summed E-state index contributed by atoms with van der Waals surface area (Å²) in [4.78, 5) is 13.6. The highest BCUT2D eigenvalue weighted by molar-refractivity contribution is 5.76. The summed E-state index contributed by atoms with van der Waals surface area (Å²) in [5, 5.41) is 0. The van der Waals surface area contributed by atoms with Crippen LogP contribution in [0.1, 0.15) is 36.4 Å². The van der Waals surface area contributed by atoms with Crippen molar-refractivity contribution in [3.8, 4) is 0 Å². The van der Waals surface area contributed by atoms with Crippen molar-refractivity contribution in [2.24, 2.45) is 5.73 Å². The maximum atomic E-state index is 11.7. The Balaban J connectivity index is 2.03. The summed E-state index contributed by atoms with van der Waals surface area (Å²) in [7, 11) is 0. The minimum atomic E-state index is -0.0711. The standard InChI is InChI=1S/C14H20N2O/c1-11-6-2-3-7-12(11)13(15)10-16-9-5-4-8-14(16)17/h2-3,6-7,13H,4-5,8-10,15H2,1H3. The first-order valence-electron chi connectivity index (χ1n) is 6.27. The number of nitrogens with two attached hydrogens (primary N) is 1. The molecule has 3 heteroatoms. The van der Waals surface area contributed by atoms with Gasteiger partial charge in [-0.05, 0) is 30.9 Å². The molecule has 1 heterocycles. The topological polar surface area (TPSA) is 46.3 Å². The molecule has 0 saturated carbocycles. The first-order valence-corrected chi connectivity index (χ1v) is 6.27. The van der Waals surface area contributed by atoms with E-state index in [-0.39, 0.29) is 11.9 Å². The maximum Gasteiger partial charge on any atom is 0.222 e. The fraction of sp³-hybridized carbons (Fsp3) is 0.500. The van der Waals surface area contributed by atoms with E-state index in [1.165, 1.54) is 5.56 Å². The molecule has 92 valence electrons. The van der Waals surface area contributed by atoms with Crippen molar-refractivity contribution >= 4 is 5.91 Å². The molecule has 1 saturated heterocycles. The molecule has 2 N–H and O–H groups in total. The number of amides is 1. The Morgan fingerprint density at radius 2 is 2.12 bits per heavy atom. The van der Waals surface area contributed by atoms with Crippen LogP contribution in [-0.4, -0.2) is 23.9 Å². The van der Waals surface area contributed by atoms with Gasteiger partial charge in [0.25, 0.3) is 0 Å². The zero-order valence-corrected chi connectivity index (χ0v) is 10.4. The zero-order chi connectivity index (χ0) is 12.3. The van der Waals surface area contributed by atoms with Crippen molar-refractivity contribution < 1.29 is 4.79 Å². The molecule has 0 aliphatic carbocycles. The average molecular weight is 232 g/mol. The molecule has 1 fully saturated rings. The third-order valence-electron chi connectivity index (χ3n) is 3.43. The summed E-state index contributed by atoms with van der Waals surface area (Å²) >= 11 is 0. The Kier molecular flexibility index (Phi) is 3.79. The largest absolute Gasteiger partial charge is 0.341 e. The minimum absolute atomic E-state index is 0.0711. The predicted molar refractivity (Wildman–Crippen MR) is 68.5 cm³/mol. The second-order valence-corrected chi connectivity index (χ2v) is 4.76. The predicted octanol–water partition coefficient (Wildman–Crippen LogP) is 2.01. The van der Waals surface area contributed by atoms with Gasteiger partial charge in [0, 0.05) is 25.6 Å². The molecular formula is C14H20N2O. The molecule has 1 aliphatic rings. The molecule has 1 aromatic carbocycles. The van der Waals surface area contributed by atoms with Gasteiger partial charge in [-0.15, -0.1) is 0 Å². The van der Waals surface area contributed by atoms with E-state index < -0.39 is 0 Å². The van der Waals surface area contributed by atoms with E-state index in [4.69, 9.17) is 5.73 Å². The number of likely N-dealkylation sites (tertiary alicyclic amines) is 1. The van der Waals surface area contributed by atoms with Crippen LogP contribution in [-0.2, 0) is 4.79 Å². The van der Waals surface area contributed by atoms with Gasteiger partial charge in [0.2, 0.25) is 5.91 Å². The van der Waals surface area contributed by atoms with Gasteiger partial charge >= 0.3 is 0 Å².